The summed E-state index contributed by atoms with van der Waals surface area (Å²) in [6.45, 7) is 1.69. The second kappa shape index (κ2) is 14.3. The summed E-state index contributed by atoms with van der Waals surface area (Å²) in [6, 6.07) is 24.6. The first-order chi connectivity index (χ1) is 22.6. The highest BCUT2D eigenvalue weighted by atomic mass is 32.2. The summed E-state index contributed by atoms with van der Waals surface area (Å²) in [5.41, 5.74) is 1.17. The second-order valence-electron chi connectivity index (χ2n) is 11.3. The number of likely N-dealkylation sites (tertiary alicyclic amines) is 1. The second-order valence-corrected chi connectivity index (χ2v) is 13.3. The van der Waals surface area contributed by atoms with E-state index in [0.29, 0.717) is 0 Å². The minimum absolute atomic E-state index is 0.0705. The third kappa shape index (κ3) is 7.12. The lowest BCUT2D eigenvalue weighted by Crippen LogP contribution is -2.58. The molecule has 256 valence electrons. The normalized spacial score (nSPS) is 22.2. The molecule has 2 amide bonds. The van der Waals surface area contributed by atoms with E-state index in [2.05, 4.69) is 5.32 Å². The van der Waals surface area contributed by atoms with E-state index in [9.17, 15) is 36.0 Å². The van der Waals surface area contributed by atoms with Gasteiger partial charge in [-0.2, -0.15) is 17.5 Å². The number of nitrogens with zero attached hydrogens (tertiary/aromatic N) is 2. The highest BCUT2D eigenvalue weighted by molar-refractivity contribution is 7.89. The Morgan fingerprint density at radius 3 is 1.96 bits per heavy atom. The van der Waals surface area contributed by atoms with Gasteiger partial charge in [-0.15, -0.1) is 0 Å². The molecule has 4 atom stereocenters. The Kier molecular flexibility index (Phi) is 10.8. The molecule has 0 bridgehead atoms. The van der Waals surface area contributed by atoms with Crippen molar-refractivity contribution in [1.82, 2.24) is 14.5 Å². The van der Waals surface area contributed by atoms with Gasteiger partial charge in [0.15, 0.2) is 0 Å². The van der Waals surface area contributed by atoms with Crippen molar-refractivity contribution in [2.24, 2.45) is 11.8 Å². The molecule has 0 aliphatic carbocycles. The number of hydrogen-bond donors (Lipinski definition) is 2. The zero-order chi connectivity index (χ0) is 35.4. The number of esters is 1. The first kappa shape index (κ1) is 36.2. The van der Waals surface area contributed by atoms with Crippen molar-refractivity contribution in [2.75, 3.05) is 20.7 Å². The van der Waals surface area contributed by atoms with Crippen LogP contribution in [0.25, 0.3) is 11.1 Å². The molecule has 0 radical (unpaired) electrons. The zero-order valence-electron chi connectivity index (χ0n) is 26.2. The van der Waals surface area contributed by atoms with Crippen LogP contribution in [0.5, 0.6) is 0 Å². The summed E-state index contributed by atoms with van der Waals surface area (Å²) >= 11 is 0. The van der Waals surface area contributed by atoms with E-state index < -0.39 is 63.4 Å². The van der Waals surface area contributed by atoms with Gasteiger partial charge >= 0.3 is 18.1 Å². The molecule has 5 rings (SSSR count). The highest BCUT2D eigenvalue weighted by Crippen LogP contribution is 2.46. The number of imide groups is 1. The van der Waals surface area contributed by atoms with Crippen LogP contribution in [0.1, 0.15) is 18.9 Å². The van der Waals surface area contributed by atoms with Gasteiger partial charge in [0.1, 0.15) is 5.54 Å². The van der Waals surface area contributed by atoms with E-state index in [-0.39, 0.29) is 24.4 Å². The van der Waals surface area contributed by atoms with E-state index in [1.165, 1.54) is 23.4 Å². The number of nitrogens with one attached hydrogen (secondary N) is 1. The number of likely N-dealkylation sites (N-methyl/N-ethyl adjacent to an activating group) is 1. The molecule has 0 saturated carbocycles. The minimum atomic E-state index is -5.08. The number of sulfonamides is 1. The number of hydrogen-bond acceptors (Lipinski definition) is 8. The Morgan fingerprint density at radius 1 is 0.938 bits per heavy atom. The van der Waals surface area contributed by atoms with Crippen LogP contribution in [0.2, 0.25) is 0 Å². The largest absolute Gasteiger partial charge is 0.490 e. The predicted octanol–water partition coefficient (Wildman–Crippen LogP) is 3.70. The number of rotatable bonds is 9. The van der Waals surface area contributed by atoms with Crippen molar-refractivity contribution >= 4 is 33.8 Å². The van der Waals surface area contributed by atoms with Gasteiger partial charge in [0.2, 0.25) is 21.8 Å². The average Bonchev–Trinajstić information content (AvgIpc) is 3.54. The van der Waals surface area contributed by atoms with Crippen molar-refractivity contribution < 1.29 is 50.6 Å². The fourth-order valence-corrected chi connectivity index (χ4v) is 7.30. The Bertz CT molecular complexity index is 1760. The maximum absolute atomic E-state index is 13.7. The predicted molar refractivity (Wildman–Crippen MR) is 166 cm³/mol. The van der Waals surface area contributed by atoms with Crippen molar-refractivity contribution in [1.29, 1.82) is 0 Å². The number of aliphatic carboxylic acids is 1. The van der Waals surface area contributed by atoms with Crippen molar-refractivity contribution in [3.05, 3.63) is 90.5 Å². The summed E-state index contributed by atoms with van der Waals surface area (Å²) in [5.74, 6) is -6.24. The van der Waals surface area contributed by atoms with Crippen molar-refractivity contribution in [2.45, 2.75) is 42.5 Å². The molecular formula is C33H34F3N3O8S. The molecule has 0 unspecified atom stereocenters. The quantitative estimate of drug-likeness (QED) is 0.253. The Hall–Kier alpha value is -4.60. The zero-order valence-corrected chi connectivity index (χ0v) is 27.0. The molecule has 2 aliphatic rings. The smallest absolute Gasteiger partial charge is 0.475 e. The summed E-state index contributed by atoms with van der Waals surface area (Å²) in [6.07, 6.45) is -4.90. The number of carboxylic acid groups (broad SMARTS) is 1. The summed E-state index contributed by atoms with van der Waals surface area (Å²) in [7, 11) is -1.28. The molecule has 2 N–H and O–H groups in total. The fraction of sp³-hybridized carbons (Fsp3) is 0.333. The Balaban J connectivity index is 0.000000671. The minimum Gasteiger partial charge on any atom is -0.475 e. The van der Waals surface area contributed by atoms with E-state index in [1.54, 1.807) is 31.2 Å². The molecule has 2 heterocycles. The number of amides is 2. The molecular weight excluding hydrogens is 655 g/mol. The van der Waals surface area contributed by atoms with Crippen LogP contribution >= 0.6 is 0 Å². The van der Waals surface area contributed by atoms with Crippen LogP contribution in [0, 0.1) is 11.8 Å². The number of carbonyl (C=O) groups is 4. The lowest BCUT2D eigenvalue weighted by Gasteiger charge is -2.32. The molecule has 3 aromatic rings. The molecule has 11 nitrogen and oxygen atoms in total. The molecule has 48 heavy (non-hydrogen) atoms. The number of alkyl halides is 3. The highest BCUT2D eigenvalue weighted by Gasteiger charge is 2.68. The molecule has 2 aliphatic heterocycles. The average molecular weight is 690 g/mol. The van der Waals surface area contributed by atoms with Gasteiger partial charge < -0.3 is 9.84 Å². The first-order valence-electron chi connectivity index (χ1n) is 14.8. The summed E-state index contributed by atoms with van der Waals surface area (Å²) < 4.78 is 65.2. The van der Waals surface area contributed by atoms with E-state index in [0.717, 1.165) is 16.7 Å². The van der Waals surface area contributed by atoms with E-state index in [1.807, 2.05) is 60.7 Å². The number of methoxy groups -OCH3 is 1. The molecule has 15 heteroatoms. The van der Waals surface area contributed by atoms with Crippen LogP contribution in [0.4, 0.5) is 13.2 Å². The van der Waals surface area contributed by atoms with Gasteiger partial charge in [-0.3, -0.25) is 24.6 Å². The first-order valence-corrected chi connectivity index (χ1v) is 16.2. The molecule has 2 saturated heterocycles. The number of halogens is 3. The number of benzene rings is 3. The van der Waals surface area contributed by atoms with Gasteiger partial charge in [-0.05, 0) is 35.2 Å². The number of fused-ring (bicyclic) bond motifs is 1. The van der Waals surface area contributed by atoms with Gasteiger partial charge in [-0.1, -0.05) is 79.7 Å². The molecule has 0 aromatic heterocycles. The van der Waals surface area contributed by atoms with Crippen LogP contribution in [-0.2, 0) is 40.5 Å². The number of carboxylic acids is 1. The van der Waals surface area contributed by atoms with Crippen LogP contribution in [0.15, 0.2) is 89.8 Å². The van der Waals surface area contributed by atoms with Gasteiger partial charge in [0, 0.05) is 19.6 Å². The maximum atomic E-state index is 13.7. The topological polar surface area (TPSA) is 150 Å². The summed E-state index contributed by atoms with van der Waals surface area (Å²) in [4.78, 5) is 50.8. The SMILES string of the molecule is CC[C@@]1(C(=O)OC)N[C@H](CN(C)S(=O)(=O)c2ccc(-c3ccccc3)cc2)[C@@H]2C(=O)N(Cc3ccccc3)C(=O)[C@@H]21.O=C(O)C(F)(F)F. The lowest BCUT2D eigenvalue weighted by molar-refractivity contribution is -0.192. The maximum Gasteiger partial charge on any atom is 0.490 e. The van der Waals surface area contributed by atoms with Gasteiger partial charge in [-0.25, -0.2) is 13.2 Å². The van der Waals surface area contributed by atoms with Gasteiger partial charge in [0.05, 0.1) is 30.4 Å². The number of carbonyl (C=O) groups excluding carboxylic acids is 3. The van der Waals surface area contributed by atoms with E-state index in [4.69, 9.17) is 14.6 Å². The Labute approximate surface area is 275 Å². The van der Waals surface area contributed by atoms with Gasteiger partial charge in [0.25, 0.3) is 0 Å². The van der Waals surface area contributed by atoms with Crippen molar-refractivity contribution in [3.8, 4) is 11.1 Å². The van der Waals surface area contributed by atoms with Crippen molar-refractivity contribution in [3.63, 3.8) is 0 Å². The lowest BCUT2D eigenvalue weighted by atomic mass is 9.78. The molecule has 3 aromatic carbocycles. The monoisotopic (exact) mass is 689 g/mol. The third-order valence-corrected chi connectivity index (χ3v) is 10.3. The standard InChI is InChI=1S/C31H33N3O6S.C2HF3O2/c1-4-31(30(37)40-3)27-26(28(35)34(29(27)36)19-21-11-7-5-8-12-21)25(32-31)20-33(2)41(38,39)24-17-15-23(16-18-24)22-13-9-6-10-14-22;3-2(4,5)1(6)7/h5-18,25-27,32H,4,19-20H2,1-3H3;(H,6,7)/t25-,26+,27-,31-;/m1./s1. The van der Waals surface area contributed by atoms with E-state index >= 15 is 0 Å². The number of ether oxygens (including phenoxy) is 1. The summed E-state index contributed by atoms with van der Waals surface area (Å²) in [5, 5.41) is 10.3. The Morgan fingerprint density at radius 2 is 1.46 bits per heavy atom. The molecule has 0 spiro atoms. The van der Waals surface area contributed by atoms with Crippen LogP contribution < -0.4 is 5.32 Å². The third-order valence-electron chi connectivity index (χ3n) is 8.51. The van der Waals surface area contributed by atoms with Crippen LogP contribution in [-0.4, -0.2) is 84.9 Å². The van der Waals surface area contributed by atoms with Crippen LogP contribution in [0.3, 0.4) is 0 Å². The fourth-order valence-electron chi connectivity index (χ4n) is 6.11. The molecule has 2 fully saturated rings.